The normalized spacial score (nSPS) is 11.0. The summed E-state index contributed by atoms with van der Waals surface area (Å²) in [6, 6.07) is 27.4. The van der Waals surface area contributed by atoms with Gasteiger partial charge >= 0.3 is 0 Å². The minimum absolute atomic E-state index is 0.152. The molecule has 0 aliphatic rings. The van der Waals surface area contributed by atoms with Crippen LogP contribution in [0.15, 0.2) is 90.0 Å². The summed E-state index contributed by atoms with van der Waals surface area (Å²) >= 11 is 0. The van der Waals surface area contributed by atoms with E-state index in [4.69, 9.17) is 0 Å². The van der Waals surface area contributed by atoms with Crippen LogP contribution in [0.5, 0.6) is 0 Å². The Labute approximate surface area is 148 Å². The van der Waals surface area contributed by atoms with Crippen LogP contribution in [-0.2, 0) is 4.79 Å². The van der Waals surface area contributed by atoms with Crippen molar-refractivity contribution in [2.24, 2.45) is 5.10 Å². The number of carbonyl (C=O) groups excluding carboxylic acids is 1. The van der Waals surface area contributed by atoms with Crippen molar-refractivity contribution >= 4 is 12.1 Å². The van der Waals surface area contributed by atoms with Gasteiger partial charge in [-0.15, -0.1) is 0 Å². The molecule has 0 heterocycles. The van der Waals surface area contributed by atoms with Gasteiger partial charge in [0.2, 0.25) is 0 Å². The molecular weight excluding hydrogens is 308 g/mol. The molecule has 3 rings (SSSR count). The van der Waals surface area contributed by atoms with Crippen LogP contribution >= 0.6 is 0 Å². The Hall–Kier alpha value is -3.20. The van der Waals surface area contributed by atoms with E-state index in [-0.39, 0.29) is 5.91 Å². The van der Waals surface area contributed by atoms with E-state index in [0.29, 0.717) is 0 Å². The van der Waals surface area contributed by atoms with E-state index in [1.807, 2.05) is 91.9 Å². The minimum Gasteiger partial charge on any atom is -0.272 e. The topological polar surface area (TPSA) is 41.5 Å². The van der Waals surface area contributed by atoms with Crippen molar-refractivity contribution in [3.8, 4) is 0 Å². The predicted molar refractivity (Wildman–Crippen MR) is 102 cm³/mol. The van der Waals surface area contributed by atoms with E-state index in [1.165, 1.54) is 0 Å². The maximum absolute atomic E-state index is 12.8. The van der Waals surface area contributed by atoms with E-state index < -0.39 is 5.92 Å². The molecule has 0 saturated carbocycles. The number of carbonyl (C=O) groups is 1. The fourth-order valence-electron chi connectivity index (χ4n) is 2.77. The molecule has 0 atom stereocenters. The first-order chi connectivity index (χ1) is 12.2. The highest BCUT2D eigenvalue weighted by atomic mass is 16.2. The van der Waals surface area contributed by atoms with Gasteiger partial charge in [0.1, 0.15) is 0 Å². The van der Waals surface area contributed by atoms with Crippen LogP contribution in [-0.4, -0.2) is 12.1 Å². The standard InChI is InChI=1S/C22H20N2O/c1-17-9-8-10-18(15-17)16-23-24-22(25)21(19-11-4-2-5-12-19)20-13-6-3-7-14-20/h2-16,21H,1H3,(H,24,25)/b23-16-. The molecule has 3 nitrogen and oxygen atoms in total. The van der Waals surface area contributed by atoms with E-state index in [0.717, 1.165) is 22.3 Å². The number of hydrogen-bond acceptors (Lipinski definition) is 2. The van der Waals surface area contributed by atoms with Gasteiger partial charge in [-0.3, -0.25) is 4.79 Å². The summed E-state index contributed by atoms with van der Waals surface area (Å²) in [5.74, 6) is -0.543. The molecule has 0 saturated heterocycles. The second kappa shape index (κ2) is 8.06. The molecule has 0 bridgehead atoms. The molecule has 0 radical (unpaired) electrons. The number of nitrogens with one attached hydrogen (secondary N) is 1. The van der Waals surface area contributed by atoms with Crippen molar-refractivity contribution in [1.29, 1.82) is 0 Å². The first-order valence-electron chi connectivity index (χ1n) is 8.23. The lowest BCUT2D eigenvalue weighted by molar-refractivity contribution is -0.121. The van der Waals surface area contributed by atoms with Gasteiger partial charge in [-0.2, -0.15) is 5.10 Å². The van der Waals surface area contributed by atoms with Gasteiger partial charge in [-0.25, -0.2) is 5.43 Å². The third-order valence-electron chi connectivity index (χ3n) is 3.96. The summed E-state index contributed by atoms with van der Waals surface area (Å²) in [6.07, 6.45) is 1.66. The largest absolute Gasteiger partial charge is 0.272 e. The number of hydrazone groups is 1. The summed E-state index contributed by atoms with van der Waals surface area (Å²) < 4.78 is 0. The third-order valence-corrected chi connectivity index (χ3v) is 3.96. The highest BCUT2D eigenvalue weighted by Crippen LogP contribution is 2.24. The van der Waals surface area contributed by atoms with Crippen molar-refractivity contribution in [3.63, 3.8) is 0 Å². The quantitative estimate of drug-likeness (QED) is 0.551. The number of amides is 1. The molecule has 0 spiro atoms. The van der Waals surface area contributed by atoms with E-state index >= 15 is 0 Å². The van der Waals surface area contributed by atoms with Gasteiger partial charge in [0.25, 0.3) is 5.91 Å². The average molecular weight is 328 g/mol. The maximum Gasteiger partial charge on any atom is 0.252 e. The lowest BCUT2D eigenvalue weighted by Gasteiger charge is -2.16. The van der Waals surface area contributed by atoms with Crippen molar-refractivity contribution in [1.82, 2.24) is 5.43 Å². The Morgan fingerprint density at radius 3 is 2.04 bits per heavy atom. The maximum atomic E-state index is 12.8. The first kappa shape index (κ1) is 16.7. The summed E-state index contributed by atoms with van der Waals surface area (Å²) in [6.45, 7) is 2.02. The van der Waals surface area contributed by atoms with Crippen LogP contribution < -0.4 is 5.43 Å². The van der Waals surface area contributed by atoms with Crippen molar-refractivity contribution < 1.29 is 4.79 Å². The van der Waals surface area contributed by atoms with E-state index in [9.17, 15) is 4.79 Å². The number of nitrogens with zero attached hydrogens (tertiary/aromatic N) is 1. The molecule has 0 aliphatic heterocycles. The number of rotatable bonds is 5. The first-order valence-corrected chi connectivity index (χ1v) is 8.23. The van der Waals surface area contributed by atoms with Gasteiger partial charge in [-0.05, 0) is 23.6 Å². The highest BCUT2D eigenvalue weighted by molar-refractivity contribution is 5.88. The number of benzene rings is 3. The molecule has 3 aromatic rings. The molecule has 0 fully saturated rings. The zero-order valence-electron chi connectivity index (χ0n) is 14.1. The van der Waals surface area contributed by atoms with Gasteiger partial charge in [-0.1, -0.05) is 90.5 Å². The minimum atomic E-state index is -0.392. The Balaban J connectivity index is 1.80. The zero-order valence-corrected chi connectivity index (χ0v) is 14.1. The molecule has 124 valence electrons. The summed E-state index contributed by atoms with van der Waals surface area (Å²) in [5.41, 5.74) is 6.67. The molecule has 25 heavy (non-hydrogen) atoms. The fraction of sp³-hybridized carbons (Fsp3) is 0.0909. The van der Waals surface area contributed by atoms with Crippen molar-refractivity contribution in [2.75, 3.05) is 0 Å². The number of hydrogen-bond donors (Lipinski definition) is 1. The molecule has 3 heteroatoms. The molecule has 0 aromatic heterocycles. The third kappa shape index (κ3) is 4.42. The second-order valence-electron chi connectivity index (χ2n) is 5.90. The Bertz CT molecular complexity index is 818. The Kier molecular flexibility index (Phi) is 5.37. The molecule has 1 amide bonds. The van der Waals surface area contributed by atoms with Gasteiger partial charge in [0, 0.05) is 0 Å². The van der Waals surface area contributed by atoms with Gasteiger partial charge in [0.05, 0.1) is 12.1 Å². The lowest BCUT2D eigenvalue weighted by atomic mass is 9.91. The van der Waals surface area contributed by atoms with E-state index in [1.54, 1.807) is 6.21 Å². The smallest absolute Gasteiger partial charge is 0.252 e. The highest BCUT2D eigenvalue weighted by Gasteiger charge is 2.22. The summed E-state index contributed by atoms with van der Waals surface area (Å²) in [5, 5.41) is 4.13. The molecule has 0 aliphatic carbocycles. The van der Waals surface area contributed by atoms with Crippen LogP contribution in [0, 0.1) is 6.92 Å². The SMILES string of the molecule is Cc1cccc(/C=N\NC(=O)C(c2ccccc2)c2ccccc2)c1. The lowest BCUT2D eigenvalue weighted by Crippen LogP contribution is -2.26. The van der Waals surface area contributed by atoms with E-state index in [2.05, 4.69) is 10.5 Å². The fourth-order valence-corrected chi connectivity index (χ4v) is 2.77. The second-order valence-corrected chi connectivity index (χ2v) is 5.90. The predicted octanol–water partition coefficient (Wildman–Crippen LogP) is 4.28. The summed E-state index contributed by atoms with van der Waals surface area (Å²) in [7, 11) is 0. The van der Waals surface area contributed by atoms with Crippen LogP contribution in [0.4, 0.5) is 0 Å². The van der Waals surface area contributed by atoms with Crippen LogP contribution in [0.3, 0.4) is 0 Å². The summed E-state index contributed by atoms with van der Waals surface area (Å²) in [4.78, 5) is 12.8. The number of aryl methyl sites for hydroxylation is 1. The van der Waals surface area contributed by atoms with Crippen molar-refractivity contribution in [2.45, 2.75) is 12.8 Å². The Morgan fingerprint density at radius 1 is 0.880 bits per heavy atom. The Morgan fingerprint density at radius 2 is 1.48 bits per heavy atom. The molecular formula is C22H20N2O. The van der Waals surface area contributed by atoms with Gasteiger partial charge < -0.3 is 0 Å². The molecule has 3 aromatic carbocycles. The van der Waals surface area contributed by atoms with Crippen molar-refractivity contribution in [3.05, 3.63) is 107 Å². The molecule has 1 N–H and O–H groups in total. The average Bonchev–Trinajstić information content (AvgIpc) is 2.64. The molecule has 0 unspecified atom stereocenters. The van der Waals surface area contributed by atoms with Crippen LogP contribution in [0.1, 0.15) is 28.2 Å². The van der Waals surface area contributed by atoms with Gasteiger partial charge in [0.15, 0.2) is 0 Å². The monoisotopic (exact) mass is 328 g/mol. The van der Waals surface area contributed by atoms with Crippen LogP contribution in [0.25, 0.3) is 0 Å². The van der Waals surface area contributed by atoms with Crippen LogP contribution in [0.2, 0.25) is 0 Å². The zero-order chi connectivity index (χ0) is 17.5.